The van der Waals surface area contributed by atoms with Crippen molar-refractivity contribution in [2.45, 2.75) is 26.3 Å². The van der Waals surface area contributed by atoms with Crippen molar-refractivity contribution in [3.8, 4) is 11.1 Å². The van der Waals surface area contributed by atoms with Crippen LogP contribution in [0.5, 0.6) is 0 Å². The normalized spacial score (nSPS) is 15.6. The lowest BCUT2D eigenvalue weighted by molar-refractivity contribution is -0.122. The van der Waals surface area contributed by atoms with E-state index in [1.807, 2.05) is 19.9 Å². The Hall–Kier alpha value is -2.51. The van der Waals surface area contributed by atoms with Crippen LogP contribution in [0.3, 0.4) is 0 Å². The number of nitrogens with one attached hydrogen (secondary N) is 1. The van der Waals surface area contributed by atoms with Crippen LogP contribution in [0.1, 0.15) is 20.3 Å². The summed E-state index contributed by atoms with van der Waals surface area (Å²) in [7, 11) is 0. The zero-order valence-corrected chi connectivity index (χ0v) is 17.8. The van der Waals surface area contributed by atoms with Gasteiger partial charge in [0.1, 0.15) is 17.0 Å². The smallest absolute Gasteiger partial charge is 0.234 e. The lowest BCUT2D eigenvalue weighted by Gasteiger charge is -2.23. The molecule has 2 aromatic heterocycles. The fraction of sp³-hybridized carbons (Fsp3) is 0.409. The monoisotopic (exact) mass is 409 g/mol. The minimum atomic E-state index is 0.0991. The van der Waals surface area contributed by atoms with Crippen LogP contribution in [0.25, 0.3) is 21.3 Å². The highest BCUT2D eigenvalue weighted by atomic mass is 32.1. The Balaban J connectivity index is 1.56. The first-order valence-corrected chi connectivity index (χ1v) is 11.0. The molecule has 29 heavy (non-hydrogen) atoms. The molecule has 3 heterocycles. The number of thiophene rings is 1. The molecular weight excluding hydrogens is 382 g/mol. The predicted octanol–water partition coefficient (Wildman–Crippen LogP) is 3.40. The second kappa shape index (κ2) is 8.88. The van der Waals surface area contributed by atoms with E-state index in [2.05, 4.69) is 54.7 Å². The summed E-state index contributed by atoms with van der Waals surface area (Å²) >= 11 is 1.67. The van der Waals surface area contributed by atoms with Gasteiger partial charge in [0.05, 0.1) is 11.9 Å². The molecule has 0 unspecified atom stereocenters. The fourth-order valence-electron chi connectivity index (χ4n) is 3.84. The van der Waals surface area contributed by atoms with Crippen molar-refractivity contribution >= 4 is 33.3 Å². The molecule has 1 N–H and O–H groups in total. The van der Waals surface area contributed by atoms with E-state index in [1.165, 1.54) is 11.1 Å². The van der Waals surface area contributed by atoms with Crippen LogP contribution in [0, 0.1) is 0 Å². The van der Waals surface area contributed by atoms with Gasteiger partial charge in [-0.2, -0.15) is 0 Å². The number of fused-ring (bicyclic) bond motifs is 1. The number of nitrogens with zero attached hydrogens (tertiary/aromatic N) is 4. The predicted molar refractivity (Wildman–Crippen MR) is 119 cm³/mol. The molecule has 6 nitrogen and oxygen atoms in total. The van der Waals surface area contributed by atoms with Crippen LogP contribution >= 0.6 is 11.3 Å². The topological polar surface area (TPSA) is 61.4 Å². The third kappa shape index (κ3) is 4.57. The number of aromatic nitrogens is 2. The summed E-state index contributed by atoms with van der Waals surface area (Å²) in [5.74, 6) is 1.10. The minimum absolute atomic E-state index is 0.0991. The maximum absolute atomic E-state index is 12.1. The largest absolute Gasteiger partial charge is 0.355 e. The summed E-state index contributed by atoms with van der Waals surface area (Å²) < 4.78 is 0. The van der Waals surface area contributed by atoms with Crippen LogP contribution in [-0.2, 0) is 4.79 Å². The molecule has 0 radical (unpaired) electrons. The zero-order valence-electron chi connectivity index (χ0n) is 17.0. The van der Waals surface area contributed by atoms with Gasteiger partial charge in [0.2, 0.25) is 5.91 Å². The molecule has 0 spiro atoms. The quantitative estimate of drug-likeness (QED) is 0.700. The fourth-order valence-corrected chi connectivity index (χ4v) is 4.75. The molecule has 152 valence electrons. The highest BCUT2D eigenvalue weighted by Crippen LogP contribution is 2.37. The third-order valence-corrected chi connectivity index (χ3v) is 6.03. The second-order valence-corrected chi connectivity index (χ2v) is 8.59. The maximum atomic E-state index is 12.1. The van der Waals surface area contributed by atoms with Gasteiger partial charge in [-0.15, -0.1) is 11.3 Å². The number of anilines is 1. The SMILES string of the molecule is CC(C)NC(=O)CN1CCCN(c2ncnc3scc(-c4ccccc4)c23)CC1. The highest BCUT2D eigenvalue weighted by molar-refractivity contribution is 7.17. The molecule has 0 atom stereocenters. The first kappa shape index (κ1) is 19.8. The van der Waals surface area contributed by atoms with Gasteiger partial charge in [0.25, 0.3) is 0 Å². The molecular formula is C22H27N5OS. The van der Waals surface area contributed by atoms with Crippen LogP contribution in [0.4, 0.5) is 5.82 Å². The van der Waals surface area contributed by atoms with Crippen molar-refractivity contribution in [2.75, 3.05) is 37.6 Å². The number of carbonyl (C=O) groups is 1. The van der Waals surface area contributed by atoms with Crippen LogP contribution in [0.2, 0.25) is 0 Å². The molecule has 1 fully saturated rings. The highest BCUT2D eigenvalue weighted by Gasteiger charge is 2.22. The number of benzene rings is 1. The van der Waals surface area contributed by atoms with Gasteiger partial charge in [0, 0.05) is 43.2 Å². The van der Waals surface area contributed by atoms with E-state index < -0.39 is 0 Å². The van der Waals surface area contributed by atoms with E-state index in [4.69, 9.17) is 0 Å². The minimum Gasteiger partial charge on any atom is -0.355 e. The van der Waals surface area contributed by atoms with E-state index in [0.717, 1.165) is 48.6 Å². The Labute approximate surface area is 175 Å². The summed E-state index contributed by atoms with van der Waals surface area (Å²) in [6.07, 6.45) is 2.67. The number of carbonyl (C=O) groups excluding carboxylic acids is 1. The number of rotatable bonds is 5. The van der Waals surface area contributed by atoms with E-state index in [-0.39, 0.29) is 11.9 Å². The van der Waals surface area contributed by atoms with Gasteiger partial charge in [-0.25, -0.2) is 9.97 Å². The maximum Gasteiger partial charge on any atom is 0.234 e. The summed E-state index contributed by atoms with van der Waals surface area (Å²) in [5.41, 5.74) is 2.38. The van der Waals surface area contributed by atoms with E-state index in [0.29, 0.717) is 6.54 Å². The van der Waals surface area contributed by atoms with E-state index in [9.17, 15) is 4.79 Å². The molecule has 7 heteroatoms. The van der Waals surface area contributed by atoms with Crippen molar-refractivity contribution in [1.82, 2.24) is 20.2 Å². The van der Waals surface area contributed by atoms with Crippen molar-refractivity contribution in [1.29, 1.82) is 0 Å². The number of hydrogen-bond donors (Lipinski definition) is 1. The molecule has 1 aromatic carbocycles. The van der Waals surface area contributed by atoms with Gasteiger partial charge < -0.3 is 10.2 Å². The van der Waals surface area contributed by atoms with Crippen LogP contribution < -0.4 is 10.2 Å². The molecule has 3 aromatic rings. The van der Waals surface area contributed by atoms with Gasteiger partial charge in [0.15, 0.2) is 0 Å². The second-order valence-electron chi connectivity index (χ2n) is 7.73. The van der Waals surface area contributed by atoms with Crippen molar-refractivity contribution in [3.63, 3.8) is 0 Å². The van der Waals surface area contributed by atoms with Gasteiger partial charge in [-0.3, -0.25) is 9.69 Å². The van der Waals surface area contributed by atoms with Gasteiger partial charge in [-0.1, -0.05) is 30.3 Å². The molecule has 0 aliphatic carbocycles. The van der Waals surface area contributed by atoms with Gasteiger partial charge >= 0.3 is 0 Å². The molecule has 1 aliphatic rings. The average Bonchev–Trinajstić information content (AvgIpc) is 3.01. The Bertz CT molecular complexity index is 972. The first-order chi connectivity index (χ1) is 14.1. The Morgan fingerprint density at radius 2 is 1.97 bits per heavy atom. The van der Waals surface area contributed by atoms with Crippen molar-refractivity contribution in [3.05, 3.63) is 42.0 Å². The standard InChI is InChI=1S/C22H27N5OS/c1-16(2)25-19(28)13-26-9-6-10-27(12-11-26)21-20-18(17-7-4-3-5-8-17)14-29-22(20)24-15-23-21/h3-5,7-8,14-16H,6,9-13H2,1-2H3,(H,25,28). The molecule has 0 bridgehead atoms. The number of hydrogen-bond acceptors (Lipinski definition) is 6. The summed E-state index contributed by atoms with van der Waals surface area (Å²) in [6, 6.07) is 10.6. The number of amides is 1. The lowest BCUT2D eigenvalue weighted by Crippen LogP contribution is -2.41. The van der Waals surface area contributed by atoms with Crippen molar-refractivity contribution < 1.29 is 4.79 Å². The average molecular weight is 410 g/mol. The summed E-state index contributed by atoms with van der Waals surface area (Å²) in [5, 5.41) is 6.30. The lowest BCUT2D eigenvalue weighted by atomic mass is 10.1. The van der Waals surface area contributed by atoms with Crippen molar-refractivity contribution in [2.24, 2.45) is 0 Å². The third-order valence-electron chi connectivity index (χ3n) is 5.14. The molecule has 1 saturated heterocycles. The van der Waals surface area contributed by atoms with E-state index >= 15 is 0 Å². The Morgan fingerprint density at radius 3 is 2.76 bits per heavy atom. The molecule has 4 rings (SSSR count). The zero-order chi connectivity index (χ0) is 20.2. The first-order valence-electron chi connectivity index (χ1n) is 10.2. The van der Waals surface area contributed by atoms with Crippen LogP contribution in [-0.4, -0.2) is 59.5 Å². The Morgan fingerprint density at radius 1 is 1.14 bits per heavy atom. The molecule has 0 saturated carbocycles. The summed E-state index contributed by atoms with van der Waals surface area (Å²) in [6.45, 7) is 8.00. The molecule has 1 aliphatic heterocycles. The Kier molecular flexibility index (Phi) is 6.06. The molecule has 1 amide bonds. The van der Waals surface area contributed by atoms with Gasteiger partial charge in [-0.05, 0) is 25.8 Å². The summed E-state index contributed by atoms with van der Waals surface area (Å²) in [4.78, 5) is 26.9. The van der Waals surface area contributed by atoms with E-state index in [1.54, 1.807) is 17.7 Å². The van der Waals surface area contributed by atoms with Crippen LogP contribution in [0.15, 0.2) is 42.0 Å².